The first-order valence-corrected chi connectivity index (χ1v) is 9.47. The molecule has 1 aliphatic heterocycles. The summed E-state index contributed by atoms with van der Waals surface area (Å²) in [4.78, 5) is 27.3. The second-order valence-corrected chi connectivity index (χ2v) is 7.07. The molecule has 0 aliphatic carbocycles. The van der Waals surface area contributed by atoms with Gasteiger partial charge in [0.05, 0.1) is 0 Å². The molecule has 138 valence electrons. The number of amides is 1. The summed E-state index contributed by atoms with van der Waals surface area (Å²) in [7, 11) is 0. The van der Waals surface area contributed by atoms with Gasteiger partial charge in [-0.3, -0.25) is 4.79 Å². The van der Waals surface area contributed by atoms with Gasteiger partial charge in [0.1, 0.15) is 5.82 Å². The van der Waals surface area contributed by atoms with Crippen LogP contribution in [0.2, 0.25) is 0 Å². The average Bonchev–Trinajstić information content (AvgIpc) is 2.61. The third-order valence-electron chi connectivity index (χ3n) is 4.56. The van der Waals surface area contributed by atoms with Crippen LogP contribution in [0, 0.1) is 13.8 Å². The molecule has 1 atom stereocenters. The molecule has 0 aromatic carbocycles. The summed E-state index contributed by atoms with van der Waals surface area (Å²) in [5, 5.41) is 3.19. The minimum atomic E-state index is 0.140. The van der Waals surface area contributed by atoms with Gasteiger partial charge in [0, 0.05) is 48.9 Å². The summed E-state index contributed by atoms with van der Waals surface area (Å²) < 4.78 is 0. The highest BCUT2D eigenvalue weighted by Crippen LogP contribution is 2.28. The largest absolute Gasteiger partial charge is 0.342 e. The van der Waals surface area contributed by atoms with Crippen molar-refractivity contribution >= 4 is 29.3 Å². The molecule has 0 radical (unpaired) electrons. The molecule has 1 unspecified atom stereocenters. The van der Waals surface area contributed by atoms with Gasteiger partial charge in [-0.2, -0.15) is 0 Å². The fourth-order valence-corrected chi connectivity index (χ4v) is 3.54. The van der Waals surface area contributed by atoms with E-state index in [0.717, 1.165) is 43.1 Å². The third kappa shape index (κ3) is 4.69. The van der Waals surface area contributed by atoms with E-state index in [2.05, 4.69) is 20.3 Å². The number of anilines is 2. The standard InChI is InChI=1S/C19H24ClN5O/c1-13-10-14(2)23-19(22-13)24-17-11-15(6-8-21-17)16-4-3-9-25(12-16)18(26)5-7-20/h6,8,10-11,16H,3-5,7,9,12H2,1-2H3,(H,21,22,23,24). The van der Waals surface area contributed by atoms with E-state index in [-0.39, 0.29) is 5.91 Å². The fourth-order valence-electron chi connectivity index (χ4n) is 3.38. The van der Waals surface area contributed by atoms with Crippen molar-refractivity contribution in [3.05, 3.63) is 41.3 Å². The molecule has 26 heavy (non-hydrogen) atoms. The van der Waals surface area contributed by atoms with Gasteiger partial charge in [-0.25, -0.2) is 15.0 Å². The van der Waals surface area contributed by atoms with Crippen molar-refractivity contribution in [2.24, 2.45) is 0 Å². The predicted octanol–water partition coefficient (Wildman–Crippen LogP) is 3.57. The van der Waals surface area contributed by atoms with Gasteiger partial charge < -0.3 is 10.2 Å². The zero-order valence-corrected chi connectivity index (χ0v) is 16.0. The van der Waals surface area contributed by atoms with Crippen molar-refractivity contribution in [3.63, 3.8) is 0 Å². The van der Waals surface area contributed by atoms with Crippen molar-refractivity contribution in [1.82, 2.24) is 19.9 Å². The maximum Gasteiger partial charge on any atom is 0.228 e. The lowest BCUT2D eigenvalue weighted by Crippen LogP contribution is -2.39. The lowest BCUT2D eigenvalue weighted by atomic mass is 9.91. The number of pyridine rings is 1. The van der Waals surface area contributed by atoms with Crippen LogP contribution in [-0.4, -0.2) is 44.7 Å². The zero-order valence-electron chi connectivity index (χ0n) is 15.2. The molecule has 1 amide bonds. The quantitative estimate of drug-likeness (QED) is 0.811. The van der Waals surface area contributed by atoms with E-state index in [1.165, 1.54) is 5.56 Å². The van der Waals surface area contributed by atoms with Crippen molar-refractivity contribution < 1.29 is 4.79 Å². The molecule has 0 saturated carbocycles. The minimum Gasteiger partial charge on any atom is -0.342 e. The van der Waals surface area contributed by atoms with Gasteiger partial charge in [-0.05, 0) is 50.5 Å². The Labute approximate surface area is 159 Å². The number of nitrogens with one attached hydrogen (secondary N) is 1. The first-order valence-electron chi connectivity index (χ1n) is 8.94. The van der Waals surface area contributed by atoms with Crippen LogP contribution >= 0.6 is 11.6 Å². The Morgan fingerprint density at radius 2 is 2.08 bits per heavy atom. The van der Waals surface area contributed by atoms with Crippen LogP contribution in [0.1, 0.15) is 42.1 Å². The van der Waals surface area contributed by atoms with Gasteiger partial charge in [0.15, 0.2) is 0 Å². The van der Waals surface area contributed by atoms with Crippen LogP contribution < -0.4 is 5.32 Å². The Hall–Kier alpha value is -2.21. The molecule has 2 aromatic rings. The highest BCUT2D eigenvalue weighted by atomic mass is 35.5. The molecule has 3 rings (SSSR count). The molecule has 2 aromatic heterocycles. The molecule has 3 heterocycles. The molecule has 1 N–H and O–H groups in total. The number of alkyl halides is 1. The summed E-state index contributed by atoms with van der Waals surface area (Å²) in [6.45, 7) is 5.44. The molecule has 0 bridgehead atoms. The lowest BCUT2D eigenvalue weighted by Gasteiger charge is -2.33. The van der Waals surface area contributed by atoms with Crippen LogP contribution in [0.3, 0.4) is 0 Å². The Kier molecular flexibility index (Phi) is 6.04. The van der Waals surface area contributed by atoms with Crippen LogP contribution in [-0.2, 0) is 4.79 Å². The van der Waals surface area contributed by atoms with Crippen molar-refractivity contribution in [2.75, 3.05) is 24.3 Å². The highest BCUT2D eigenvalue weighted by molar-refractivity contribution is 6.18. The summed E-state index contributed by atoms with van der Waals surface area (Å²) >= 11 is 5.71. The number of rotatable bonds is 5. The van der Waals surface area contributed by atoms with E-state index in [4.69, 9.17) is 11.6 Å². The van der Waals surface area contributed by atoms with Crippen LogP contribution in [0.25, 0.3) is 0 Å². The smallest absolute Gasteiger partial charge is 0.228 e. The van der Waals surface area contributed by atoms with Crippen LogP contribution in [0.4, 0.5) is 11.8 Å². The molecule has 1 aliphatic rings. The number of carbonyl (C=O) groups excluding carboxylic acids is 1. The van der Waals surface area contributed by atoms with Gasteiger partial charge in [-0.1, -0.05) is 0 Å². The second-order valence-electron chi connectivity index (χ2n) is 6.69. The zero-order chi connectivity index (χ0) is 18.5. The summed E-state index contributed by atoms with van der Waals surface area (Å²) in [5.41, 5.74) is 3.00. The molecule has 6 nitrogen and oxygen atoms in total. The second kappa shape index (κ2) is 8.45. The van der Waals surface area contributed by atoms with Gasteiger partial charge in [0.25, 0.3) is 0 Å². The van der Waals surface area contributed by atoms with Crippen molar-refractivity contribution in [1.29, 1.82) is 0 Å². The fraction of sp³-hybridized carbons (Fsp3) is 0.474. The molecule has 1 fully saturated rings. The molecule has 7 heteroatoms. The van der Waals surface area contributed by atoms with E-state index in [9.17, 15) is 4.79 Å². The number of carbonyl (C=O) groups is 1. The van der Waals surface area contributed by atoms with Crippen LogP contribution in [0.5, 0.6) is 0 Å². The van der Waals surface area contributed by atoms with E-state index in [1.807, 2.05) is 36.9 Å². The SMILES string of the molecule is Cc1cc(C)nc(Nc2cc(C3CCCN(C(=O)CCCl)C3)ccn2)n1. The van der Waals surface area contributed by atoms with E-state index in [1.54, 1.807) is 6.20 Å². The van der Waals surface area contributed by atoms with E-state index in [0.29, 0.717) is 24.2 Å². The Morgan fingerprint density at radius 1 is 1.31 bits per heavy atom. The van der Waals surface area contributed by atoms with E-state index < -0.39 is 0 Å². The third-order valence-corrected chi connectivity index (χ3v) is 4.75. The van der Waals surface area contributed by atoms with Gasteiger partial charge >= 0.3 is 0 Å². The Balaban J connectivity index is 1.73. The van der Waals surface area contributed by atoms with E-state index >= 15 is 0 Å². The Morgan fingerprint density at radius 3 is 2.81 bits per heavy atom. The molecule has 1 saturated heterocycles. The predicted molar refractivity (Wildman–Crippen MR) is 103 cm³/mol. The first kappa shape index (κ1) is 18.6. The normalized spacial score (nSPS) is 17.2. The molecular weight excluding hydrogens is 350 g/mol. The number of likely N-dealkylation sites (tertiary alicyclic amines) is 1. The average molecular weight is 374 g/mol. The summed E-state index contributed by atoms with van der Waals surface area (Å²) in [6, 6.07) is 5.98. The monoisotopic (exact) mass is 373 g/mol. The van der Waals surface area contributed by atoms with Crippen molar-refractivity contribution in [3.8, 4) is 0 Å². The number of nitrogens with zero attached hydrogens (tertiary/aromatic N) is 4. The maximum atomic E-state index is 12.1. The number of hydrogen-bond acceptors (Lipinski definition) is 5. The summed E-state index contributed by atoms with van der Waals surface area (Å²) in [6.07, 6.45) is 4.26. The van der Waals surface area contributed by atoms with Crippen LogP contribution in [0.15, 0.2) is 24.4 Å². The number of aryl methyl sites for hydroxylation is 2. The van der Waals surface area contributed by atoms with Gasteiger partial charge in [-0.15, -0.1) is 11.6 Å². The molecule has 0 spiro atoms. The maximum absolute atomic E-state index is 12.1. The molecular formula is C19H24ClN5O. The highest BCUT2D eigenvalue weighted by Gasteiger charge is 2.24. The number of hydrogen-bond donors (Lipinski definition) is 1. The Bertz CT molecular complexity index is 762. The number of halogens is 1. The minimum absolute atomic E-state index is 0.140. The topological polar surface area (TPSA) is 71.0 Å². The lowest BCUT2D eigenvalue weighted by molar-refractivity contribution is -0.131. The number of piperidine rings is 1. The van der Waals surface area contributed by atoms with Crippen molar-refractivity contribution in [2.45, 2.75) is 39.0 Å². The van der Waals surface area contributed by atoms with Gasteiger partial charge in [0.2, 0.25) is 11.9 Å². The number of aromatic nitrogens is 3. The first-order chi connectivity index (χ1) is 12.5. The summed E-state index contributed by atoms with van der Waals surface area (Å²) in [5.74, 6) is 2.10.